The molecule has 1 aromatic rings. The minimum absolute atomic E-state index is 0.414. The van der Waals surface area contributed by atoms with Gasteiger partial charge in [0, 0.05) is 38.4 Å². The van der Waals surface area contributed by atoms with E-state index in [-0.39, 0.29) is 0 Å². The molecule has 1 heterocycles. The van der Waals surface area contributed by atoms with Gasteiger partial charge in [0.15, 0.2) is 5.78 Å². The van der Waals surface area contributed by atoms with Crippen LogP contribution in [0.4, 0.5) is 0 Å². The molecule has 3 rings (SSSR count). The van der Waals surface area contributed by atoms with E-state index >= 15 is 0 Å². The summed E-state index contributed by atoms with van der Waals surface area (Å²) in [7, 11) is -1.15. The first-order chi connectivity index (χ1) is 10.4. The summed E-state index contributed by atoms with van der Waals surface area (Å²) in [5, 5.41) is 0. The predicted molar refractivity (Wildman–Crippen MR) is 94.4 cm³/mol. The first-order valence-corrected chi connectivity index (χ1v) is 12.2. The van der Waals surface area contributed by atoms with Crippen molar-refractivity contribution < 1.29 is 4.79 Å². The van der Waals surface area contributed by atoms with Crippen LogP contribution in [-0.4, -0.2) is 24.8 Å². The van der Waals surface area contributed by atoms with E-state index in [1.165, 1.54) is 17.3 Å². The Balaban J connectivity index is 1.87. The van der Waals surface area contributed by atoms with Crippen LogP contribution in [0.15, 0.2) is 41.6 Å². The first kappa shape index (κ1) is 15.5. The van der Waals surface area contributed by atoms with Gasteiger partial charge in [-0.3, -0.25) is 4.79 Å². The van der Waals surface area contributed by atoms with Crippen LogP contribution in [0.3, 0.4) is 0 Å². The molecule has 1 aliphatic carbocycles. The number of carbonyl (C=O) groups excluding carboxylic acids is 1. The van der Waals surface area contributed by atoms with E-state index in [0.717, 1.165) is 37.8 Å². The average molecular weight is 314 g/mol. The molecule has 1 aromatic carbocycles. The Morgan fingerprint density at radius 3 is 2.55 bits per heavy atom. The third kappa shape index (κ3) is 3.35. The largest absolute Gasteiger partial charge is 0.367 e. The van der Waals surface area contributed by atoms with Gasteiger partial charge in [-0.05, 0) is 30.9 Å². The van der Waals surface area contributed by atoms with Crippen LogP contribution in [-0.2, 0) is 11.3 Å². The van der Waals surface area contributed by atoms with Crippen molar-refractivity contribution in [3.05, 3.63) is 47.2 Å². The van der Waals surface area contributed by atoms with Gasteiger partial charge in [-0.25, -0.2) is 0 Å². The maximum Gasteiger partial charge on any atom is 0.160 e. The van der Waals surface area contributed by atoms with Crippen LogP contribution in [0.1, 0.15) is 31.2 Å². The minimum Gasteiger partial charge on any atom is -0.367 e. The van der Waals surface area contributed by atoms with Crippen molar-refractivity contribution in [2.45, 2.75) is 64.0 Å². The molecule has 0 saturated heterocycles. The third-order valence-electron chi connectivity index (χ3n) is 4.77. The minimum atomic E-state index is -1.15. The quantitative estimate of drug-likeness (QED) is 0.757. The van der Waals surface area contributed by atoms with Gasteiger partial charge in [0.05, 0.1) is 0 Å². The number of rotatable bonds is 4. The molecule has 0 aromatic heterocycles. The summed E-state index contributed by atoms with van der Waals surface area (Å²) in [6, 6.07) is 12.5. The maximum absolute atomic E-state index is 12.3. The third-order valence-corrected chi connectivity index (χ3v) is 6.47. The van der Waals surface area contributed by atoms with Gasteiger partial charge in [-0.15, -0.1) is 0 Å². The Kier molecular flexibility index (Phi) is 4.26. The van der Waals surface area contributed by atoms with E-state index in [2.05, 4.69) is 54.9 Å². The maximum atomic E-state index is 12.3. The van der Waals surface area contributed by atoms with Crippen LogP contribution in [0.2, 0.25) is 25.7 Å². The Bertz CT molecular complexity index is 585. The van der Waals surface area contributed by atoms with Crippen molar-refractivity contribution in [3.63, 3.8) is 0 Å². The normalized spacial score (nSPS) is 22.2. The SMILES string of the molecule is C[Si](C)(C)CC1CC2=C(CCCC2=O)N1Cc1ccccc1. The molecule has 0 spiro atoms. The number of hydrogen-bond donors (Lipinski definition) is 0. The highest BCUT2D eigenvalue weighted by atomic mass is 28.3. The zero-order chi connectivity index (χ0) is 15.7. The van der Waals surface area contributed by atoms with Gasteiger partial charge in [-0.2, -0.15) is 0 Å². The van der Waals surface area contributed by atoms with Crippen molar-refractivity contribution in [3.8, 4) is 0 Å². The summed E-state index contributed by atoms with van der Waals surface area (Å²) >= 11 is 0. The number of Topliss-reactive ketones (excluding diaryl/α,β-unsaturated/α-hetero) is 1. The molecular weight excluding hydrogens is 286 g/mol. The van der Waals surface area contributed by atoms with Crippen LogP contribution >= 0.6 is 0 Å². The molecule has 22 heavy (non-hydrogen) atoms. The predicted octanol–water partition coefficient (Wildman–Crippen LogP) is 4.61. The van der Waals surface area contributed by atoms with Crippen molar-refractivity contribution in [1.82, 2.24) is 4.90 Å². The molecule has 0 bridgehead atoms. The number of nitrogens with zero attached hydrogens (tertiary/aromatic N) is 1. The summed E-state index contributed by atoms with van der Waals surface area (Å²) in [5.41, 5.74) is 3.88. The van der Waals surface area contributed by atoms with Gasteiger partial charge >= 0.3 is 0 Å². The van der Waals surface area contributed by atoms with Crippen LogP contribution in [0.5, 0.6) is 0 Å². The Morgan fingerprint density at radius 2 is 1.86 bits per heavy atom. The molecule has 3 heteroatoms. The number of allylic oxidation sites excluding steroid dienone is 1. The lowest BCUT2D eigenvalue weighted by Gasteiger charge is -2.34. The fraction of sp³-hybridized carbons (Fsp3) is 0.526. The average Bonchev–Trinajstić information content (AvgIpc) is 2.78. The van der Waals surface area contributed by atoms with E-state index in [1.54, 1.807) is 0 Å². The number of carbonyl (C=O) groups is 1. The Labute approximate surface area is 135 Å². The Hall–Kier alpha value is -1.35. The molecule has 0 fully saturated rings. The van der Waals surface area contributed by atoms with Crippen LogP contribution in [0, 0.1) is 0 Å². The highest BCUT2D eigenvalue weighted by Crippen LogP contribution is 2.40. The van der Waals surface area contributed by atoms with Crippen molar-refractivity contribution in [2.75, 3.05) is 0 Å². The molecule has 0 amide bonds. The zero-order valence-electron chi connectivity index (χ0n) is 14.1. The van der Waals surface area contributed by atoms with E-state index in [4.69, 9.17) is 0 Å². The highest BCUT2D eigenvalue weighted by Gasteiger charge is 2.38. The second-order valence-electron chi connectivity index (χ2n) is 7.94. The van der Waals surface area contributed by atoms with Gasteiger partial charge in [0.2, 0.25) is 0 Å². The van der Waals surface area contributed by atoms with Gasteiger partial charge in [0.25, 0.3) is 0 Å². The second kappa shape index (κ2) is 6.03. The highest BCUT2D eigenvalue weighted by molar-refractivity contribution is 6.76. The van der Waals surface area contributed by atoms with Gasteiger partial charge in [-0.1, -0.05) is 50.0 Å². The molecule has 2 aliphatic rings. The van der Waals surface area contributed by atoms with Crippen molar-refractivity contribution >= 4 is 13.9 Å². The molecule has 2 nitrogen and oxygen atoms in total. The number of ketones is 1. The van der Waals surface area contributed by atoms with Crippen LogP contribution in [0.25, 0.3) is 0 Å². The lowest BCUT2D eigenvalue weighted by Crippen LogP contribution is -2.36. The van der Waals surface area contributed by atoms with E-state index in [9.17, 15) is 4.79 Å². The lowest BCUT2D eigenvalue weighted by molar-refractivity contribution is -0.116. The molecule has 1 aliphatic heterocycles. The lowest BCUT2D eigenvalue weighted by atomic mass is 9.94. The van der Waals surface area contributed by atoms with Gasteiger partial charge in [0.1, 0.15) is 0 Å². The topological polar surface area (TPSA) is 20.3 Å². The molecular formula is C19H27NOSi. The first-order valence-electron chi connectivity index (χ1n) is 8.50. The standard InChI is InChI=1S/C19H27NOSi/c1-22(2,3)14-16-12-17-18(10-7-11-19(17)21)20(16)13-15-8-5-4-6-9-15/h4-6,8-9,16H,7,10-14H2,1-3H3. The molecule has 1 atom stereocenters. The fourth-order valence-electron chi connectivity index (χ4n) is 3.89. The van der Waals surface area contributed by atoms with E-state index in [1.807, 2.05) is 0 Å². The van der Waals surface area contributed by atoms with Crippen molar-refractivity contribution in [2.24, 2.45) is 0 Å². The second-order valence-corrected chi connectivity index (χ2v) is 13.5. The van der Waals surface area contributed by atoms with Gasteiger partial charge < -0.3 is 4.90 Å². The molecule has 0 N–H and O–H groups in total. The Morgan fingerprint density at radius 1 is 1.14 bits per heavy atom. The van der Waals surface area contributed by atoms with E-state index in [0.29, 0.717) is 11.8 Å². The molecule has 0 saturated carbocycles. The summed E-state index contributed by atoms with van der Waals surface area (Å²) < 4.78 is 0. The smallest absolute Gasteiger partial charge is 0.160 e. The summed E-state index contributed by atoms with van der Waals surface area (Å²) in [6.45, 7) is 8.27. The van der Waals surface area contributed by atoms with E-state index < -0.39 is 8.07 Å². The summed E-state index contributed by atoms with van der Waals surface area (Å²) in [5.74, 6) is 0.414. The molecule has 1 unspecified atom stereocenters. The molecule has 0 radical (unpaired) electrons. The zero-order valence-corrected chi connectivity index (χ0v) is 15.1. The van der Waals surface area contributed by atoms with Crippen molar-refractivity contribution in [1.29, 1.82) is 0 Å². The number of benzene rings is 1. The summed E-state index contributed by atoms with van der Waals surface area (Å²) in [6.07, 6.45) is 3.88. The van der Waals surface area contributed by atoms with Crippen LogP contribution < -0.4 is 0 Å². The number of hydrogen-bond acceptors (Lipinski definition) is 2. The summed E-state index contributed by atoms with van der Waals surface area (Å²) in [4.78, 5) is 14.9. The monoisotopic (exact) mass is 313 g/mol. The fourth-order valence-corrected chi connectivity index (χ4v) is 5.67. The molecule has 118 valence electrons.